The van der Waals surface area contributed by atoms with Gasteiger partial charge in [0.15, 0.2) is 0 Å². The van der Waals surface area contributed by atoms with Gasteiger partial charge in [0.1, 0.15) is 5.75 Å². The molecule has 0 spiro atoms. The predicted octanol–water partition coefficient (Wildman–Crippen LogP) is 1.98. The minimum atomic E-state index is 0.197. The number of aryl methyl sites for hydroxylation is 1. The van der Waals surface area contributed by atoms with E-state index in [4.69, 9.17) is 0 Å². The van der Waals surface area contributed by atoms with Gasteiger partial charge >= 0.3 is 0 Å². The quantitative estimate of drug-likeness (QED) is 0.846. The monoisotopic (exact) mass is 231 g/mol. The summed E-state index contributed by atoms with van der Waals surface area (Å²) in [5.74, 6) is 0.303. The van der Waals surface area contributed by atoms with E-state index >= 15 is 0 Å². The van der Waals surface area contributed by atoms with Gasteiger partial charge in [-0.3, -0.25) is 4.68 Å². The summed E-state index contributed by atoms with van der Waals surface area (Å²) in [7, 11) is 1.90. The van der Waals surface area contributed by atoms with Crippen LogP contribution in [0.1, 0.15) is 24.1 Å². The number of hydrogen-bond donors (Lipinski definition) is 2. The average Bonchev–Trinajstić information content (AvgIpc) is 2.72. The molecule has 1 atom stereocenters. The molecule has 2 N–H and O–H groups in total. The Morgan fingerprint density at radius 1 is 1.47 bits per heavy atom. The zero-order valence-corrected chi connectivity index (χ0v) is 10.1. The third-order valence-electron chi connectivity index (χ3n) is 2.74. The van der Waals surface area contributed by atoms with Crippen molar-refractivity contribution in [3.8, 4) is 5.75 Å². The van der Waals surface area contributed by atoms with E-state index in [0.717, 1.165) is 17.7 Å². The van der Waals surface area contributed by atoms with E-state index in [2.05, 4.69) is 17.3 Å². The van der Waals surface area contributed by atoms with Crippen LogP contribution in [-0.4, -0.2) is 14.9 Å². The van der Waals surface area contributed by atoms with Crippen LogP contribution in [0.15, 0.2) is 36.7 Å². The molecule has 0 aliphatic rings. The van der Waals surface area contributed by atoms with Crippen LogP contribution in [0.5, 0.6) is 5.75 Å². The molecular weight excluding hydrogens is 214 g/mol. The van der Waals surface area contributed by atoms with Crippen molar-refractivity contribution in [2.45, 2.75) is 19.5 Å². The number of aromatic nitrogens is 2. The molecule has 2 rings (SSSR count). The topological polar surface area (TPSA) is 50.1 Å². The summed E-state index contributed by atoms with van der Waals surface area (Å²) in [6.45, 7) is 2.84. The Kier molecular flexibility index (Phi) is 3.44. The first-order valence-electron chi connectivity index (χ1n) is 5.65. The van der Waals surface area contributed by atoms with Crippen LogP contribution in [0.4, 0.5) is 0 Å². The van der Waals surface area contributed by atoms with Crippen molar-refractivity contribution < 1.29 is 5.11 Å². The largest absolute Gasteiger partial charge is 0.508 e. The van der Waals surface area contributed by atoms with Gasteiger partial charge in [0.2, 0.25) is 0 Å². The Morgan fingerprint density at radius 3 is 2.94 bits per heavy atom. The zero-order valence-electron chi connectivity index (χ0n) is 10.1. The van der Waals surface area contributed by atoms with Gasteiger partial charge in [-0.1, -0.05) is 12.1 Å². The number of nitrogens with zero attached hydrogens (tertiary/aromatic N) is 2. The highest BCUT2D eigenvalue weighted by atomic mass is 16.3. The van der Waals surface area contributed by atoms with Crippen molar-refractivity contribution in [3.63, 3.8) is 0 Å². The van der Waals surface area contributed by atoms with Gasteiger partial charge < -0.3 is 10.4 Å². The molecule has 90 valence electrons. The molecule has 0 aliphatic heterocycles. The minimum absolute atomic E-state index is 0.197. The molecule has 1 unspecified atom stereocenters. The van der Waals surface area contributed by atoms with Gasteiger partial charge in [0.25, 0.3) is 0 Å². The molecule has 1 aromatic heterocycles. The lowest BCUT2D eigenvalue weighted by atomic mass is 10.1. The van der Waals surface area contributed by atoms with E-state index in [0.29, 0.717) is 5.75 Å². The molecule has 0 saturated carbocycles. The molecule has 0 saturated heterocycles. The SMILES string of the molecule is CC(NCc1cnn(C)c1)c1cccc(O)c1. The third-order valence-corrected chi connectivity index (χ3v) is 2.74. The summed E-state index contributed by atoms with van der Waals surface area (Å²) in [5.41, 5.74) is 2.23. The molecule has 0 radical (unpaired) electrons. The fourth-order valence-electron chi connectivity index (χ4n) is 1.75. The van der Waals surface area contributed by atoms with E-state index in [1.807, 2.05) is 31.6 Å². The number of rotatable bonds is 4. The van der Waals surface area contributed by atoms with Crippen molar-refractivity contribution in [2.24, 2.45) is 7.05 Å². The second-order valence-electron chi connectivity index (χ2n) is 4.22. The predicted molar refractivity (Wildman–Crippen MR) is 66.6 cm³/mol. The number of nitrogens with one attached hydrogen (secondary N) is 1. The summed E-state index contributed by atoms with van der Waals surface area (Å²) < 4.78 is 1.79. The summed E-state index contributed by atoms with van der Waals surface area (Å²) in [4.78, 5) is 0. The Balaban J connectivity index is 1.95. The molecule has 4 nitrogen and oxygen atoms in total. The highest BCUT2D eigenvalue weighted by molar-refractivity contribution is 5.29. The first kappa shape index (κ1) is 11.7. The molecule has 0 bridgehead atoms. The standard InChI is InChI=1S/C13H17N3O/c1-10(12-4-3-5-13(17)6-12)14-7-11-8-15-16(2)9-11/h3-6,8-10,14,17H,7H2,1-2H3. The Morgan fingerprint density at radius 2 is 2.29 bits per heavy atom. The van der Waals surface area contributed by atoms with Crippen LogP contribution in [0, 0.1) is 0 Å². The van der Waals surface area contributed by atoms with E-state index < -0.39 is 0 Å². The highest BCUT2D eigenvalue weighted by Crippen LogP contribution is 2.18. The van der Waals surface area contributed by atoms with Crippen LogP contribution >= 0.6 is 0 Å². The Bertz CT molecular complexity index is 493. The number of phenols is 1. The van der Waals surface area contributed by atoms with E-state index in [9.17, 15) is 5.11 Å². The number of hydrogen-bond acceptors (Lipinski definition) is 3. The van der Waals surface area contributed by atoms with Crippen molar-refractivity contribution in [1.29, 1.82) is 0 Å². The molecule has 0 amide bonds. The summed E-state index contributed by atoms with van der Waals surface area (Å²) in [6, 6.07) is 7.51. The first-order chi connectivity index (χ1) is 8.15. The van der Waals surface area contributed by atoms with Crippen molar-refractivity contribution in [1.82, 2.24) is 15.1 Å². The van der Waals surface area contributed by atoms with Crippen LogP contribution in [0.3, 0.4) is 0 Å². The van der Waals surface area contributed by atoms with E-state index in [1.165, 1.54) is 0 Å². The third kappa shape index (κ3) is 3.07. The Labute approximate surface area is 101 Å². The maximum Gasteiger partial charge on any atom is 0.115 e. The zero-order chi connectivity index (χ0) is 12.3. The van der Waals surface area contributed by atoms with Crippen LogP contribution in [-0.2, 0) is 13.6 Å². The normalized spacial score (nSPS) is 12.6. The van der Waals surface area contributed by atoms with Crippen LogP contribution < -0.4 is 5.32 Å². The van der Waals surface area contributed by atoms with Crippen LogP contribution in [0.2, 0.25) is 0 Å². The summed E-state index contributed by atoms with van der Waals surface area (Å²) in [5, 5.41) is 16.9. The average molecular weight is 231 g/mol. The molecule has 1 aromatic carbocycles. The lowest BCUT2D eigenvalue weighted by Gasteiger charge is -2.13. The van der Waals surface area contributed by atoms with E-state index in [-0.39, 0.29) is 6.04 Å². The molecule has 0 aliphatic carbocycles. The van der Waals surface area contributed by atoms with Gasteiger partial charge in [-0.25, -0.2) is 0 Å². The van der Waals surface area contributed by atoms with E-state index in [1.54, 1.807) is 16.8 Å². The highest BCUT2D eigenvalue weighted by Gasteiger charge is 2.05. The molecular formula is C13H17N3O. The van der Waals surface area contributed by atoms with Gasteiger partial charge in [0.05, 0.1) is 6.20 Å². The first-order valence-corrected chi connectivity index (χ1v) is 5.65. The number of phenolic OH excluding ortho intramolecular Hbond substituents is 1. The molecule has 1 heterocycles. The van der Waals surface area contributed by atoms with Gasteiger partial charge in [-0.15, -0.1) is 0 Å². The lowest BCUT2D eigenvalue weighted by Crippen LogP contribution is -2.17. The molecule has 4 heteroatoms. The fourth-order valence-corrected chi connectivity index (χ4v) is 1.75. The maximum atomic E-state index is 9.41. The maximum absolute atomic E-state index is 9.41. The molecule has 0 fully saturated rings. The molecule has 2 aromatic rings. The van der Waals surface area contributed by atoms with Gasteiger partial charge in [-0.2, -0.15) is 5.10 Å². The van der Waals surface area contributed by atoms with Crippen molar-refractivity contribution in [2.75, 3.05) is 0 Å². The lowest BCUT2D eigenvalue weighted by molar-refractivity contribution is 0.472. The number of benzene rings is 1. The second-order valence-corrected chi connectivity index (χ2v) is 4.22. The fraction of sp³-hybridized carbons (Fsp3) is 0.308. The molecule has 17 heavy (non-hydrogen) atoms. The second kappa shape index (κ2) is 5.01. The van der Waals surface area contributed by atoms with Gasteiger partial charge in [-0.05, 0) is 24.6 Å². The Hall–Kier alpha value is -1.81. The smallest absolute Gasteiger partial charge is 0.115 e. The van der Waals surface area contributed by atoms with Gasteiger partial charge in [0, 0.05) is 31.4 Å². The summed E-state index contributed by atoms with van der Waals surface area (Å²) >= 11 is 0. The minimum Gasteiger partial charge on any atom is -0.508 e. The van der Waals surface area contributed by atoms with Crippen molar-refractivity contribution >= 4 is 0 Å². The van der Waals surface area contributed by atoms with Crippen molar-refractivity contribution in [3.05, 3.63) is 47.8 Å². The van der Waals surface area contributed by atoms with Crippen LogP contribution in [0.25, 0.3) is 0 Å². The summed E-state index contributed by atoms with van der Waals surface area (Å²) in [6.07, 6.45) is 3.84. The number of aromatic hydroxyl groups is 1.